The number of hydrogen-bond acceptors (Lipinski definition) is 1. The summed E-state index contributed by atoms with van der Waals surface area (Å²) in [6.45, 7) is 1.58. The Morgan fingerprint density at radius 2 is 1.89 bits per heavy atom. The topological polar surface area (TPSA) is 20.2 Å². The highest BCUT2D eigenvalue weighted by Crippen LogP contribution is 2.33. The normalized spacial score (nSPS) is 12.5. The minimum absolute atomic E-state index is 0.0548. The first-order valence-electron chi connectivity index (χ1n) is 5.49. The third-order valence-electron chi connectivity index (χ3n) is 2.86. The van der Waals surface area contributed by atoms with Crippen LogP contribution in [0.15, 0.2) is 34.8 Å². The largest absolute Gasteiger partial charge is 0.384 e. The third kappa shape index (κ3) is 2.81. The van der Waals surface area contributed by atoms with E-state index in [2.05, 4.69) is 15.9 Å². The van der Waals surface area contributed by atoms with Crippen molar-refractivity contribution in [2.24, 2.45) is 0 Å². The van der Waals surface area contributed by atoms with E-state index in [1.165, 1.54) is 24.3 Å². The van der Waals surface area contributed by atoms with Gasteiger partial charge in [-0.2, -0.15) is 0 Å². The van der Waals surface area contributed by atoms with E-state index in [-0.39, 0.29) is 16.4 Å². The molecule has 2 aromatic rings. The fraction of sp³-hybridized carbons (Fsp3) is 0.143. The Bertz CT molecular complexity index is 631. The molecule has 1 nitrogen and oxygen atoms in total. The van der Waals surface area contributed by atoms with E-state index in [1.807, 2.05) is 0 Å². The van der Waals surface area contributed by atoms with E-state index < -0.39 is 11.9 Å². The molecule has 0 saturated carbocycles. The molecule has 100 valence electrons. The van der Waals surface area contributed by atoms with Crippen LogP contribution in [0.25, 0.3) is 0 Å². The van der Waals surface area contributed by atoms with Crippen LogP contribution in [0.2, 0.25) is 5.02 Å². The Kier molecular flexibility index (Phi) is 4.23. The maximum atomic E-state index is 14.0. The molecule has 0 fully saturated rings. The van der Waals surface area contributed by atoms with Crippen LogP contribution in [0.4, 0.5) is 8.78 Å². The number of hydrogen-bond donors (Lipinski definition) is 1. The van der Waals surface area contributed by atoms with Crippen molar-refractivity contribution < 1.29 is 13.9 Å². The van der Waals surface area contributed by atoms with E-state index >= 15 is 0 Å². The molecule has 19 heavy (non-hydrogen) atoms. The zero-order chi connectivity index (χ0) is 14.2. The van der Waals surface area contributed by atoms with Crippen molar-refractivity contribution in [2.45, 2.75) is 13.0 Å². The van der Waals surface area contributed by atoms with Gasteiger partial charge in [0.25, 0.3) is 0 Å². The molecule has 1 atom stereocenters. The van der Waals surface area contributed by atoms with Gasteiger partial charge in [-0.1, -0.05) is 29.8 Å². The summed E-state index contributed by atoms with van der Waals surface area (Å²) in [6, 6.07) is 7.14. The van der Waals surface area contributed by atoms with Gasteiger partial charge >= 0.3 is 0 Å². The zero-order valence-corrected chi connectivity index (χ0v) is 12.3. The number of aryl methyl sites for hydroxylation is 1. The second-order valence-electron chi connectivity index (χ2n) is 4.18. The van der Waals surface area contributed by atoms with Crippen molar-refractivity contribution in [3.63, 3.8) is 0 Å². The maximum Gasteiger partial charge on any atom is 0.149 e. The molecule has 2 aromatic carbocycles. The van der Waals surface area contributed by atoms with Crippen LogP contribution < -0.4 is 0 Å². The van der Waals surface area contributed by atoms with Crippen LogP contribution in [-0.2, 0) is 0 Å². The van der Waals surface area contributed by atoms with Crippen molar-refractivity contribution in [1.82, 2.24) is 0 Å². The summed E-state index contributed by atoms with van der Waals surface area (Å²) in [7, 11) is 0. The Balaban J connectivity index is 2.47. The van der Waals surface area contributed by atoms with Crippen LogP contribution >= 0.6 is 27.5 Å². The van der Waals surface area contributed by atoms with E-state index in [1.54, 1.807) is 13.0 Å². The SMILES string of the molecule is Cc1cc(C(O)c2ccc(Br)c(Cl)c2F)ccc1F. The molecule has 0 aromatic heterocycles. The summed E-state index contributed by atoms with van der Waals surface area (Å²) in [4.78, 5) is 0. The molecule has 1 unspecified atom stereocenters. The van der Waals surface area contributed by atoms with Gasteiger partial charge in [0.15, 0.2) is 0 Å². The lowest BCUT2D eigenvalue weighted by molar-refractivity contribution is 0.214. The summed E-state index contributed by atoms with van der Waals surface area (Å²) in [5, 5.41) is 10.1. The summed E-state index contributed by atoms with van der Waals surface area (Å²) < 4.78 is 27.6. The summed E-state index contributed by atoms with van der Waals surface area (Å²) in [6.07, 6.45) is -1.19. The maximum absolute atomic E-state index is 14.0. The van der Waals surface area contributed by atoms with E-state index in [4.69, 9.17) is 11.6 Å². The first-order valence-corrected chi connectivity index (χ1v) is 6.66. The first kappa shape index (κ1) is 14.4. The molecule has 0 radical (unpaired) electrons. The molecule has 0 aliphatic carbocycles. The molecule has 5 heteroatoms. The van der Waals surface area contributed by atoms with Gasteiger partial charge in [0.2, 0.25) is 0 Å². The molecule has 0 amide bonds. The Labute approximate surface area is 123 Å². The lowest BCUT2D eigenvalue weighted by Crippen LogP contribution is -2.04. The van der Waals surface area contributed by atoms with Crippen molar-refractivity contribution >= 4 is 27.5 Å². The van der Waals surface area contributed by atoms with E-state index in [0.29, 0.717) is 15.6 Å². The quantitative estimate of drug-likeness (QED) is 0.776. The van der Waals surface area contributed by atoms with E-state index in [9.17, 15) is 13.9 Å². The summed E-state index contributed by atoms with van der Waals surface area (Å²) in [5.74, 6) is -1.06. The van der Waals surface area contributed by atoms with Crippen LogP contribution in [0, 0.1) is 18.6 Å². The third-order valence-corrected chi connectivity index (χ3v) is 4.12. The van der Waals surface area contributed by atoms with Crippen LogP contribution in [0.5, 0.6) is 0 Å². The van der Waals surface area contributed by atoms with Crippen molar-refractivity contribution in [3.05, 3.63) is 68.2 Å². The van der Waals surface area contributed by atoms with Crippen molar-refractivity contribution in [3.8, 4) is 0 Å². The molecular weight excluding hydrogens is 338 g/mol. The highest BCUT2D eigenvalue weighted by atomic mass is 79.9. The molecule has 0 heterocycles. The fourth-order valence-corrected chi connectivity index (χ4v) is 2.25. The Morgan fingerprint density at radius 3 is 2.53 bits per heavy atom. The number of rotatable bonds is 2. The van der Waals surface area contributed by atoms with Gasteiger partial charge in [-0.15, -0.1) is 0 Å². The molecular formula is C14H10BrClF2O. The fourth-order valence-electron chi connectivity index (χ4n) is 1.77. The van der Waals surface area contributed by atoms with Crippen LogP contribution in [-0.4, -0.2) is 5.11 Å². The number of halogens is 4. The highest BCUT2D eigenvalue weighted by molar-refractivity contribution is 9.10. The lowest BCUT2D eigenvalue weighted by atomic mass is 9.99. The van der Waals surface area contributed by atoms with Crippen LogP contribution in [0.1, 0.15) is 22.8 Å². The predicted octanol–water partition coefficient (Wildman–Crippen LogP) is 4.77. The number of benzene rings is 2. The second kappa shape index (κ2) is 5.57. The molecule has 1 N–H and O–H groups in total. The second-order valence-corrected chi connectivity index (χ2v) is 5.41. The predicted molar refractivity (Wildman–Crippen MR) is 74.3 cm³/mol. The molecule has 0 saturated heterocycles. The number of aliphatic hydroxyl groups is 1. The van der Waals surface area contributed by atoms with Gasteiger partial charge in [-0.3, -0.25) is 0 Å². The Morgan fingerprint density at radius 1 is 1.21 bits per heavy atom. The smallest absolute Gasteiger partial charge is 0.149 e. The average molecular weight is 348 g/mol. The summed E-state index contributed by atoms with van der Waals surface area (Å²) in [5.41, 5.74) is 0.857. The monoisotopic (exact) mass is 346 g/mol. The van der Waals surface area contributed by atoms with Gasteiger partial charge < -0.3 is 5.11 Å². The van der Waals surface area contributed by atoms with Gasteiger partial charge in [-0.25, -0.2) is 8.78 Å². The first-order chi connectivity index (χ1) is 8.91. The van der Waals surface area contributed by atoms with Gasteiger partial charge in [0, 0.05) is 10.0 Å². The molecule has 0 aliphatic rings. The van der Waals surface area contributed by atoms with Crippen molar-refractivity contribution in [2.75, 3.05) is 0 Å². The summed E-state index contributed by atoms with van der Waals surface area (Å²) >= 11 is 8.88. The van der Waals surface area contributed by atoms with Crippen molar-refractivity contribution in [1.29, 1.82) is 0 Å². The average Bonchev–Trinajstić information content (AvgIpc) is 2.39. The zero-order valence-electron chi connectivity index (χ0n) is 9.92. The van der Waals surface area contributed by atoms with E-state index in [0.717, 1.165) is 0 Å². The number of aliphatic hydroxyl groups excluding tert-OH is 1. The van der Waals surface area contributed by atoms with Gasteiger partial charge in [0.05, 0.1) is 5.02 Å². The standard InChI is InChI=1S/C14H10BrClF2O/c1-7-6-8(2-5-11(7)17)14(19)9-3-4-10(15)12(16)13(9)18/h2-6,14,19H,1H3. The molecule has 2 rings (SSSR count). The molecule has 0 aliphatic heterocycles. The van der Waals surface area contributed by atoms with Gasteiger partial charge in [0.1, 0.15) is 17.7 Å². The highest BCUT2D eigenvalue weighted by Gasteiger charge is 2.19. The van der Waals surface area contributed by atoms with Crippen LogP contribution in [0.3, 0.4) is 0 Å². The minimum atomic E-state index is -1.19. The lowest BCUT2D eigenvalue weighted by Gasteiger charge is -2.14. The Hall–Kier alpha value is -0.970. The molecule has 0 bridgehead atoms. The minimum Gasteiger partial charge on any atom is -0.384 e. The van der Waals surface area contributed by atoms with Gasteiger partial charge in [-0.05, 0) is 46.1 Å². The molecule has 0 spiro atoms.